The number of aliphatic carboxylic acids is 1. The molecule has 0 spiro atoms. The second kappa shape index (κ2) is 17.5. The molecule has 0 heterocycles. The molecule has 0 radical (unpaired) electrons. The topological polar surface area (TPSA) is 97.7 Å². The number of hydrogen-bond donors (Lipinski definition) is 1. The van der Waals surface area contributed by atoms with Crippen molar-refractivity contribution in [2.75, 3.05) is 7.11 Å². The number of aryl methyl sites for hydroxylation is 4. The fourth-order valence-electron chi connectivity index (χ4n) is 3.77. The van der Waals surface area contributed by atoms with E-state index in [2.05, 4.69) is 38.1 Å². The largest absolute Gasteiger partial charge is 0.479 e. The van der Waals surface area contributed by atoms with E-state index < -0.39 is 12.1 Å². The van der Waals surface area contributed by atoms with Crippen LogP contribution in [-0.2, 0) is 14.3 Å². The standard InChI is InChI=1S/C16H20O5.2C7H8.CH2O/c1-8-6-9(2)15(10(3)14(8)11(4)17)12(18)7-13(21-5)16(19)20;2*1-7-5-3-2-4-6-7;1-2/h6,13H,7H2,1-5H3,(H,19,20);2*2-6H,1H3;1H2. The van der Waals surface area contributed by atoms with Crippen molar-refractivity contribution >= 4 is 24.3 Å². The number of ketones is 2. The summed E-state index contributed by atoms with van der Waals surface area (Å²) < 4.78 is 4.80. The van der Waals surface area contributed by atoms with Crippen LogP contribution in [0.1, 0.15) is 61.9 Å². The van der Waals surface area contributed by atoms with E-state index in [4.69, 9.17) is 14.6 Å². The third-order valence-electron chi connectivity index (χ3n) is 5.41. The quantitative estimate of drug-likeness (QED) is 0.395. The van der Waals surface area contributed by atoms with Crippen LogP contribution in [0.15, 0.2) is 66.7 Å². The number of carboxylic acid groups (broad SMARTS) is 1. The molecule has 0 saturated heterocycles. The van der Waals surface area contributed by atoms with Gasteiger partial charge >= 0.3 is 5.97 Å². The van der Waals surface area contributed by atoms with Crippen molar-refractivity contribution < 1.29 is 29.0 Å². The summed E-state index contributed by atoms with van der Waals surface area (Å²) in [4.78, 5) is 43.1. The zero-order chi connectivity index (χ0) is 28.5. The van der Waals surface area contributed by atoms with E-state index in [-0.39, 0.29) is 18.0 Å². The Bertz CT molecular complexity index is 1100. The molecule has 0 bridgehead atoms. The van der Waals surface area contributed by atoms with Crippen LogP contribution in [0.3, 0.4) is 0 Å². The number of benzene rings is 3. The summed E-state index contributed by atoms with van der Waals surface area (Å²) >= 11 is 0. The fraction of sp³-hybridized carbons (Fsp3) is 0.290. The zero-order valence-electron chi connectivity index (χ0n) is 22.8. The highest BCUT2D eigenvalue weighted by atomic mass is 16.5. The minimum Gasteiger partial charge on any atom is -0.479 e. The molecule has 0 aliphatic carbocycles. The third kappa shape index (κ3) is 11.6. The maximum atomic E-state index is 12.4. The van der Waals surface area contributed by atoms with Gasteiger partial charge in [-0.2, -0.15) is 0 Å². The number of hydrogen-bond acceptors (Lipinski definition) is 5. The summed E-state index contributed by atoms with van der Waals surface area (Å²) in [6, 6.07) is 22.3. The van der Waals surface area contributed by atoms with Gasteiger partial charge in [0.15, 0.2) is 17.7 Å². The Labute approximate surface area is 220 Å². The monoisotopic (exact) mass is 506 g/mol. The van der Waals surface area contributed by atoms with Gasteiger partial charge in [-0.25, -0.2) is 4.79 Å². The number of carboxylic acids is 1. The molecule has 37 heavy (non-hydrogen) atoms. The van der Waals surface area contributed by atoms with Crippen LogP contribution >= 0.6 is 0 Å². The van der Waals surface area contributed by atoms with Crippen molar-refractivity contribution in [3.05, 3.63) is 106 Å². The smallest absolute Gasteiger partial charge is 0.333 e. The van der Waals surface area contributed by atoms with Gasteiger partial charge in [-0.1, -0.05) is 77.9 Å². The summed E-state index contributed by atoms with van der Waals surface area (Å²) in [5, 5.41) is 8.96. The molecular weight excluding hydrogens is 468 g/mol. The molecule has 1 unspecified atom stereocenters. The Morgan fingerprint density at radius 2 is 1.19 bits per heavy atom. The highest BCUT2D eigenvalue weighted by Gasteiger charge is 2.25. The molecule has 0 amide bonds. The molecule has 0 aliphatic rings. The maximum absolute atomic E-state index is 12.4. The maximum Gasteiger partial charge on any atom is 0.333 e. The van der Waals surface area contributed by atoms with E-state index in [0.29, 0.717) is 16.7 Å². The predicted molar refractivity (Wildman–Crippen MR) is 148 cm³/mol. The summed E-state index contributed by atoms with van der Waals surface area (Å²) in [6.45, 7) is 12.9. The first-order valence-electron chi connectivity index (χ1n) is 11.7. The molecule has 0 saturated carbocycles. The van der Waals surface area contributed by atoms with Crippen LogP contribution in [0.25, 0.3) is 0 Å². The van der Waals surface area contributed by atoms with Crippen molar-refractivity contribution in [3.63, 3.8) is 0 Å². The molecule has 1 atom stereocenters. The summed E-state index contributed by atoms with van der Waals surface area (Å²) in [6.07, 6.45) is -1.44. The van der Waals surface area contributed by atoms with E-state index in [9.17, 15) is 14.4 Å². The molecule has 3 aromatic carbocycles. The molecule has 0 aromatic heterocycles. The highest BCUT2D eigenvalue weighted by molar-refractivity contribution is 6.05. The molecule has 6 nitrogen and oxygen atoms in total. The van der Waals surface area contributed by atoms with Crippen LogP contribution in [0, 0.1) is 34.6 Å². The van der Waals surface area contributed by atoms with Gasteiger partial charge in [-0.15, -0.1) is 0 Å². The lowest BCUT2D eigenvalue weighted by Crippen LogP contribution is -2.26. The first-order valence-corrected chi connectivity index (χ1v) is 11.7. The Hall–Kier alpha value is -3.90. The fourth-order valence-corrected chi connectivity index (χ4v) is 3.77. The van der Waals surface area contributed by atoms with Gasteiger partial charge in [0.1, 0.15) is 6.79 Å². The second-order valence-electron chi connectivity index (χ2n) is 8.44. The van der Waals surface area contributed by atoms with E-state index in [1.165, 1.54) is 25.2 Å². The lowest BCUT2D eigenvalue weighted by Gasteiger charge is -2.16. The van der Waals surface area contributed by atoms with E-state index >= 15 is 0 Å². The minimum atomic E-state index is -1.18. The Morgan fingerprint density at radius 3 is 1.49 bits per heavy atom. The lowest BCUT2D eigenvalue weighted by atomic mass is 9.88. The Kier molecular flexibility index (Phi) is 15.7. The first kappa shape index (κ1) is 33.1. The van der Waals surface area contributed by atoms with Crippen LogP contribution in [0.4, 0.5) is 0 Å². The molecular formula is C31H38O6. The number of Topliss-reactive ketones (excluding diaryl/α,β-unsaturated/α-hetero) is 2. The van der Waals surface area contributed by atoms with Crippen LogP contribution in [0.5, 0.6) is 0 Å². The predicted octanol–water partition coefficient (Wildman–Crippen LogP) is 6.29. The van der Waals surface area contributed by atoms with Crippen LogP contribution in [-0.4, -0.2) is 42.6 Å². The van der Waals surface area contributed by atoms with Crippen molar-refractivity contribution in [2.45, 2.75) is 54.1 Å². The van der Waals surface area contributed by atoms with Crippen molar-refractivity contribution in [2.24, 2.45) is 0 Å². The van der Waals surface area contributed by atoms with Gasteiger partial charge in [0.05, 0.1) is 0 Å². The van der Waals surface area contributed by atoms with Crippen LogP contribution in [0.2, 0.25) is 0 Å². The molecule has 6 heteroatoms. The number of carbonyl (C=O) groups is 4. The molecule has 3 aromatic rings. The normalized spacial score (nSPS) is 10.2. The average Bonchev–Trinajstić information content (AvgIpc) is 2.84. The second-order valence-corrected chi connectivity index (χ2v) is 8.44. The number of methoxy groups -OCH3 is 1. The van der Waals surface area contributed by atoms with E-state index in [0.717, 1.165) is 11.1 Å². The minimum absolute atomic E-state index is 0.111. The zero-order valence-corrected chi connectivity index (χ0v) is 22.8. The van der Waals surface area contributed by atoms with Gasteiger partial charge in [-0.05, 0) is 58.2 Å². The first-order chi connectivity index (χ1) is 17.5. The molecule has 3 rings (SSSR count). The summed E-state index contributed by atoms with van der Waals surface area (Å²) in [7, 11) is 1.25. The van der Waals surface area contributed by atoms with Gasteiger partial charge in [0, 0.05) is 24.7 Å². The van der Waals surface area contributed by atoms with Crippen molar-refractivity contribution in [1.29, 1.82) is 0 Å². The molecule has 0 aliphatic heterocycles. The summed E-state index contributed by atoms with van der Waals surface area (Å²) in [5.74, 6) is -1.62. The van der Waals surface area contributed by atoms with Crippen molar-refractivity contribution in [1.82, 2.24) is 0 Å². The van der Waals surface area contributed by atoms with E-state index in [1.54, 1.807) is 19.9 Å². The third-order valence-corrected chi connectivity index (χ3v) is 5.41. The number of carbonyl (C=O) groups excluding carboxylic acids is 3. The van der Waals surface area contributed by atoms with Gasteiger partial charge in [0.2, 0.25) is 0 Å². The lowest BCUT2D eigenvalue weighted by molar-refractivity contribution is -0.148. The van der Waals surface area contributed by atoms with Crippen molar-refractivity contribution in [3.8, 4) is 0 Å². The van der Waals surface area contributed by atoms with Gasteiger partial charge in [-0.3, -0.25) is 9.59 Å². The van der Waals surface area contributed by atoms with Gasteiger partial charge < -0.3 is 14.6 Å². The molecule has 198 valence electrons. The Balaban J connectivity index is 0.000000651. The molecule has 1 N–H and O–H groups in total. The molecule has 0 fully saturated rings. The number of ether oxygens (including phenoxy) is 1. The Morgan fingerprint density at radius 1 is 0.784 bits per heavy atom. The van der Waals surface area contributed by atoms with E-state index in [1.807, 2.05) is 50.1 Å². The highest BCUT2D eigenvalue weighted by Crippen LogP contribution is 2.24. The number of rotatable bonds is 6. The van der Waals surface area contributed by atoms with Crippen LogP contribution < -0.4 is 0 Å². The SMILES string of the molecule is C=O.COC(CC(=O)c1c(C)cc(C)c(C(C)=O)c1C)C(=O)O.Cc1ccccc1.Cc1ccccc1. The average molecular weight is 507 g/mol. The summed E-state index contributed by atoms with van der Waals surface area (Å²) in [5.41, 5.74) is 5.73. The van der Waals surface area contributed by atoms with Gasteiger partial charge in [0.25, 0.3) is 0 Å².